The number of fused-ring (bicyclic) bond motifs is 1. The number of amides is 1. The maximum atomic E-state index is 13.9. The van der Waals surface area contributed by atoms with Crippen molar-refractivity contribution in [3.63, 3.8) is 0 Å². The Hall–Kier alpha value is -2.14. The summed E-state index contributed by atoms with van der Waals surface area (Å²) in [6.45, 7) is 0.657. The second kappa shape index (κ2) is 6.64. The van der Waals surface area contributed by atoms with Crippen LogP contribution in [0.3, 0.4) is 0 Å². The average molecular weight is 365 g/mol. The van der Waals surface area contributed by atoms with Crippen molar-refractivity contribution in [1.29, 1.82) is 0 Å². The first-order valence-corrected chi connectivity index (χ1v) is 8.20. The summed E-state index contributed by atoms with van der Waals surface area (Å²) in [5.74, 6) is -1.56. The number of hydrogen-bond acceptors (Lipinski definition) is 2. The number of anilines is 2. The van der Waals surface area contributed by atoms with Gasteiger partial charge < -0.3 is 10.6 Å². The van der Waals surface area contributed by atoms with Gasteiger partial charge in [0.15, 0.2) is 0 Å². The lowest BCUT2D eigenvalue weighted by Crippen LogP contribution is -2.37. The van der Waals surface area contributed by atoms with Gasteiger partial charge in [0, 0.05) is 29.9 Å². The normalized spacial score (nSPS) is 21.3. The minimum Gasteiger partial charge on any atom is -0.398 e. The molecule has 132 valence electrons. The van der Waals surface area contributed by atoms with Crippen LogP contribution in [0.2, 0.25) is 0 Å². The molecule has 3 nitrogen and oxygen atoms in total. The lowest BCUT2D eigenvalue weighted by molar-refractivity contribution is -0.120. The number of carbonyl (C=O) groups excluding carboxylic acids is 1. The average Bonchev–Trinajstić information content (AvgIpc) is 3.34. The molecule has 0 aromatic heterocycles. The molecule has 25 heavy (non-hydrogen) atoms. The summed E-state index contributed by atoms with van der Waals surface area (Å²) in [5, 5.41) is 0. The third kappa shape index (κ3) is 3.09. The fraction of sp³-hybridized carbons (Fsp3) is 0.316. The molecule has 2 unspecified atom stereocenters. The summed E-state index contributed by atoms with van der Waals surface area (Å²) >= 11 is 0. The SMILES string of the molecule is Cl.Nc1cccc2c1CCCN2C(=O)C1CC1c1ccc(F)cc1F. The van der Waals surface area contributed by atoms with Crippen LogP contribution in [0.15, 0.2) is 36.4 Å². The lowest BCUT2D eigenvalue weighted by atomic mass is 9.99. The van der Waals surface area contributed by atoms with Crippen LogP contribution in [0.25, 0.3) is 0 Å². The smallest absolute Gasteiger partial charge is 0.230 e. The molecule has 2 aromatic rings. The summed E-state index contributed by atoms with van der Waals surface area (Å²) in [6, 6.07) is 9.19. The molecule has 2 aliphatic rings. The van der Waals surface area contributed by atoms with Crippen molar-refractivity contribution in [2.75, 3.05) is 17.2 Å². The van der Waals surface area contributed by atoms with Crippen LogP contribution < -0.4 is 10.6 Å². The van der Waals surface area contributed by atoms with E-state index >= 15 is 0 Å². The number of nitrogen functional groups attached to an aromatic ring is 1. The fourth-order valence-corrected chi connectivity index (χ4v) is 3.69. The van der Waals surface area contributed by atoms with Crippen molar-refractivity contribution in [3.05, 3.63) is 59.2 Å². The maximum Gasteiger partial charge on any atom is 0.230 e. The molecule has 0 bridgehead atoms. The first-order valence-electron chi connectivity index (χ1n) is 8.20. The Balaban J connectivity index is 0.00000182. The highest BCUT2D eigenvalue weighted by Crippen LogP contribution is 2.50. The molecule has 4 rings (SSSR count). The van der Waals surface area contributed by atoms with E-state index in [1.807, 2.05) is 18.2 Å². The van der Waals surface area contributed by atoms with E-state index in [0.717, 1.165) is 30.2 Å². The van der Waals surface area contributed by atoms with E-state index < -0.39 is 11.6 Å². The molecule has 1 amide bonds. The molecule has 0 spiro atoms. The topological polar surface area (TPSA) is 46.3 Å². The highest BCUT2D eigenvalue weighted by molar-refractivity contribution is 5.99. The molecule has 0 radical (unpaired) electrons. The number of halogens is 3. The molecular weight excluding hydrogens is 346 g/mol. The van der Waals surface area contributed by atoms with Gasteiger partial charge in [-0.1, -0.05) is 12.1 Å². The zero-order valence-electron chi connectivity index (χ0n) is 13.5. The van der Waals surface area contributed by atoms with Crippen LogP contribution in [0.5, 0.6) is 0 Å². The highest BCUT2D eigenvalue weighted by atomic mass is 35.5. The van der Waals surface area contributed by atoms with Gasteiger partial charge in [0.1, 0.15) is 11.6 Å². The van der Waals surface area contributed by atoms with Crippen LogP contribution in [0, 0.1) is 17.6 Å². The Morgan fingerprint density at radius 3 is 2.76 bits per heavy atom. The van der Waals surface area contributed by atoms with Gasteiger partial charge in [-0.3, -0.25) is 4.79 Å². The van der Waals surface area contributed by atoms with Crippen molar-refractivity contribution in [3.8, 4) is 0 Å². The second-order valence-electron chi connectivity index (χ2n) is 6.55. The monoisotopic (exact) mass is 364 g/mol. The van der Waals surface area contributed by atoms with Crippen LogP contribution in [0.4, 0.5) is 20.2 Å². The molecule has 2 N–H and O–H groups in total. The van der Waals surface area contributed by atoms with Crippen molar-refractivity contribution in [2.24, 2.45) is 5.92 Å². The summed E-state index contributed by atoms with van der Waals surface area (Å²) in [5.41, 5.74) is 9.05. The van der Waals surface area contributed by atoms with E-state index in [-0.39, 0.29) is 30.2 Å². The number of benzene rings is 2. The molecule has 1 saturated carbocycles. The second-order valence-corrected chi connectivity index (χ2v) is 6.55. The number of nitrogens with zero attached hydrogens (tertiary/aromatic N) is 1. The summed E-state index contributed by atoms with van der Waals surface area (Å²) in [6.07, 6.45) is 2.34. The zero-order valence-corrected chi connectivity index (χ0v) is 14.4. The van der Waals surface area contributed by atoms with Crippen molar-refractivity contribution < 1.29 is 13.6 Å². The Labute approximate surface area is 151 Å². The van der Waals surface area contributed by atoms with Gasteiger partial charge in [0.25, 0.3) is 0 Å². The molecule has 2 atom stereocenters. The van der Waals surface area contributed by atoms with Gasteiger partial charge in [-0.15, -0.1) is 12.4 Å². The van der Waals surface area contributed by atoms with Gasteiger partial charge in [-0.2, -0.15) is 0 Å². The summed E-state index contributed by atoms with van der Waals surface area (Å²) in [7, 11) is 0. The van der Waals surface area contributed by atoms with E-state index in [2.05, 4.69) is 0 Å². The Morgan fingerprint density at radius 1 is 1.20 bits per heavy atom. The Kier molecular flexibility index (Phi) is 4.69. The zero-order chi connectivity index (χ0) is 16.8. The molecule has 1 heterocycles. The fourth-order valence-electron chi connectivity index (χ4n) is 3.69. The van der Waals surface area contributed by atoms with Gasteiger partial charge in [0.05, 0.1) is 0 Å². The van der Waals surface area contributed by atoms with Crippen LogP contribution in [-0.2, 0) is 11.2 Å². The Bertz CT molecular complexity index is 827. The number of hydrogen-bond donors (Lipinski definition) is 1. The molecule has 1 aliphatic heterocycles. The Morgan fingerprint density at radius 2 is 2.00 bits per heavy atom. The van der Waals surface area contributed by atoms with Gasteiger partial charge in [-0.05, 0) is 54.5 Å². The minimum atomic E-state index is -0.597. The highest BCUT2D eigenvalue weighted by Gasteiger charge is 2.47. The third-order valence-electron chi connectivity index (χ3n) is 5.02. The number of carbonyl (C=O) groups is 1. The van der Waals surface area contributed by atoms with E-state index in [0.29, 0.717) is 24.2 Å². The molecule has 6 heteroatoms. The predicted octanol–water partition coefficient (Wildman–Crippen LogP) is 4.05. The molecule has 1 aliphatic carbocycles. The largest absolute Gasteiger partial charge is 0.398 e. The standard InChI is InChI=1S/C19H18F2N2O.ClH/c20-11-6-7-12(16(21)9-11)14-10-15(14)19(24)23-8-2-3-13-17(22)4-1-5-18(13)23;/h1,4-7,9,14-15H,2-3,8,10,22H2;1H. The van der Waals surface area contributed by atoms with Crippen LogP contribution in [-0.4, -0.2) is 12.5 Å². The van der Waals surface area contributed by atoms with E-state index in [4.69, 9.17) is 5.73 Å². The summed E-state index contributed by atoms with van der Waals surface area (Å²) < 4.78 is 27.0. The van der Waals surface area contributed by atoms with Gasteiger partial charge in [0.2, 0.25) is 5.91 Å². The van der Waals surface area contributed by atoms with E-state index in [1.54, 1.807) is 4.90 Å². The van der Waals surface area contributed by atoms with Crippen molar-refractivity contribution in [1.82, 2.24) is 0 Å². The quantitative estimate of drug-likeness (QED) is 0.817. The number of rotatable bonds is 2. The van der Waals surface area contributed by atoms with Crippen molar-refractivity contribution in [2.45, 2.75) is 25.2 Å². The van der Waals surface area contributed by atoms with E-state index in [1.165, 1.54) is 12.1 Å². The molecule has 1 fully saturated rings. The number of nitrogens with two attached hydrogens (primary N) is 1. The third-order valence-corrected chi connectivity index (χ3v) is 5.02. The first-order chi connectivity index (χ1) is 11.6. The van der Waals surface area contributed by atoms with Crippen molar-refractivity contribution >= 4 is 29.7 Å². The molecular formula is C19H19ClF2N2O. The maximum absolute atomic E-state index is 13.9. The molecule has 2 aromatic carbocycles. The van der Waals surface area contributed by atoms with Crippen LogP contribution in [0.1, 0.15) is 29.9 Å². The van der Waals surface area contributed by atoms with Gasteiger partial charge >= 0.3 is 0 Å². The molecule has 0 saturated heterocycles. The summed E-state index contributed by atoms with van der Waals surface area (Å²) in [4.78, 5) is 14.7. The predicted molar refractivity (Wildman–Crippen MR) is 96.0 cm³/mol. The van der Waals surface area contributed by atoms with Crippen LogP contribution >= 0.6 is 12.4 Å². The minimum absolute atomic E-state index is 0. The van der Waals surface area contributed by atoms with Gasteiger partial charge in [-0.25, -0.2) is 8.78 Å². The lowest BCUT2D eigenvalue weighted by Gasteiger charge is -2.30. The van der Waals surface area contributed by atoms with E-state index in [9.17, 15) is 13.6 Å². The first kappa shape index (κ1) is 17.7.